The lowest BCUT2D eigenvalue weighted by Gasteiger charge is -2.37. The summed E-state index contributed by atoms with van der Waals surface area (Å²) in [6.45, 7) is 4.20. The molecule has 0 spiro atoms. The van der Waals surface area contributed by atoms with E-state index in [1.54, 1.807) is 12.3 Å². The lowest BCUT2D eigenvalue weighted by molar-refractivity contribution is -0.193. The highest BCUT2D eigenvalue weighted by Gasteiger charge is 2.41. The highest BCUT2D eigenvalue weighted by atomic mass is 19.4. The molecule has 0 aromatic carbocycles. The molecule has 0 radical (unpaired) electrons. The van der Waals surface area contributed by atoms with E-state index in [1.807, 2.05) is 29.4 Å². The van der Waals surface area contributed by atoms with Crippen LogP contribution < -0.4 is 0 Å². The van der Waals surface area contributed by atoms with E-state index in [1.165, 1.54) is 11.8 Å². The van der Waals surface area contributed by atoms with Crippen molar-refractivity contribution in [2.24, 2.45) is 0 Å². The van der Waals surface area contributed by atoms with E-state index in [-0.39, 0.29) is 11.9 Å². The second-order valence-electron chi connectivity index (χ2n) is 8.25. The average Bonchev–Trinajstić information content (AvgIpc) is 3.55. The molecule has 2 aromatic heterocycles. The molecule has 39 heavy (non-hydrogen) atoms. The van der Waals surface area contributed by atoms with E-state index >= 15 is 0 Å². The van der Waals surface area contributed by atoms with Crippen LogP contribution in [0.3, 0.4) is 0 Å². The molecule has 2 aliphatic rings. The number of amides is 1. The fourth-order valence-corrected chi connectivity index (χ4v) is 3.98. The van der Waals surface area contributed by atoms with Crippen LogP contribution in [0.25, 0.3) is 0 Å². The number of aliphatic carboxylic acids is 2. The number of halogens is 6. The number of hydrogen-bond acceptors (Lipinski definition) is 7. The van der Waals surface area contributed by atoms with Gasteiger partial charge in [-0.25, -0.2) is 9.59 Å². The Balaban J connectivity index is 0.000000317. The van der Waals surface area contributed by atoms with Crippen LogP contribution >= 0.6 is 0 Å². The number of aromatic nitrogens is 1. The van der Waals surface area contributed by atoms with E-state index in [2.05, 4.69) is 9.88 Å². The Morgan fingerprint density at radius 1 is 0.923 bits per heavy atom. The summed E-state index contributed by atoms with van der Waals surface area (Å²) in [5.74, 6) is -5.46. The van der Waals surface area contributed by atoms with E-state index < -0.39 is 24.3 Å². The van der Waals surface area contributed by atoms with Crippen molar-refractivity contribution >= 4 is 17.8 Å². The van der Waals surface area contributed by atoms with Crippen LogP contribution in [0.1, 0.15) is 22.3 Å². The summed E-state index contributed by atoms with van der Waals surface area (Å²) in [5.41, 5.74) is 1.84. The van der Waals surface area contributed by atoms with Crippen molar-refractivity contribution < 1.29 is 60.1 Å². The van der Waals surface area contributed by atoms with Gasteiger partial charge in [-0.1, -0.05) is 0 Å². The highest BCUT2D eigenvalue weighted by Crippen LogP contribution is 2.28. The Morgan fingerprint density at radius 2 is 1.46 bits per heavy atom. The Labute approximate surface area is 217 Å². The maximum atomic E-state index is 12.9. The molecule has 16 heteroatoms. The van der Waals surface area contributed by atoms with Crippen molar-refractivity contribution in [1.82, 2.24) is 14.8 Å². The van der Waals surface area contributed by atoms with Gasteiger partial charge in [0.2, 0.25) is 0 Å². The smallest absolute Gasteiger partial charge is 0.475 e. The Hall–Kier alpha value is -3.66. The van der Waals surface area contributed by atoms with E-state index in [0.29, 0.717) is 11.6 Å². The third-order valence-electron chi connectivity index (χ3n) is 5.73. The first-order valence-corrected chi connectivity index (χ1v) is 11.4. The minimum absolute atomic E-state index is 0.0589. The first-order chi connectivity index (χ1) is 18.2. The van der Waals surface area contributed by atoms with Gasteiger partial charge in [0.25, 0.3) is 5.91 Å². The molecule has 4 heterocycles. The molecule has 0 unspecified atom stereocenters. The molecular formula is C23H25F6N3O7. The zero-order valence-electron chi connectivity index (χ0n) is 20.2. The van der Waals surface area contributed by atoms with Gasteiger partial charge < -0.3 is 24.3 Å². The quantitative estimate of drug-likeness (QED) is 0.533. The van der Waals surface area contributed by atoms with Gasteiger partial charge in [-0.2, -0.15) is 26.3 Å². The van der Waals surface area contributed by atoms with Crippen LogP contribution in [-0.2, 0) is 20.7 Å². The minimum atomic E-state index is -5.08. The van der Waals surface area contributed by atoms with Crippen LogP contribution in [0.5, 0.6) is 0 Å². The number of morpholine rings is 1. The van der Waals surface area contributed by atoms with Gasteiger partial charge in [-0.15, -0.1) is 0 Å². The van der Waals surface area contributed by atoms with Gasteiger partial charge in [0.15, 0.2) is 0 Å². The molecule has 0 bridgehead atoms. The van der Waals surface area contributed by atoms with Gasteiger partial charge in [0.1, 0.15) is 6.26 Å². The monoisotopic (exact) mass is 569 g/mol. The first kappa shape index (κ1) is 31.6. The number of pyridine rings is 1. The van der Waals surface area contributed by atoms with Gasteiger partial charge in [0.05, 0.1) is 31.1 Å². The van der Waals surface area contributed by atoms with Crippen LogP contribution in [-0.4, -0.2) is 100 Å². The second kappa shape index (κ2) is 13.9. The van der Waals surface area contributed by atoms with Crippen molar-refractivity contribution in [1.29, 1.82) is 0 Å². The summed E-state index contributed by atoms with van der Waals surface area (Å²) in [6.07, 6.45) is -1.60. The first-order valence-electron chi connectivity index (χ1n) is 11.4. The molecular weight excluding hydrogens is 544 g/mol. The third kappa shape index (κ3) is 9.86. The normalized spacial score (nSPS) is 19.8. The molecule has 0 saturated carbocycles. The number of furan rings is 1. The number of carboxylic acid groups (broad SMARTS) is 2. The summed E-state index contributed by atoms with van der Waals surface area (Å²) in [6, 6.07) is 6.34. The van der Waals surface area contributed by atoms with Gasteiger partial charge in [0, 0.05) is 38.1 Å². The number of likely N-dealkylation sites (tertiary alicyclic amines) is 1. The second-order valence-corrected chi connectivity index (χ2v) is 8.25. The van der Waals surface area contributed by atoms with Crippen LogP contribution in [0.15, 0.2) is 47.5 Å². The fraction of sp³-hybridized carbons (Fsp3) is 0.478. The molecule has 2 aromatic rings. The molecule has 10 nitrogen and oxygen atoms in total. The predicted octanol–water partition coefficient (Wildman–Crippen LogP) is 3.10. The van der Waals surface area contributed by atoms with E-state index in [4.69, 9.17) is 29.0 Å². The van der Waals surface area contributed by atoms with Crippen LogP contribution in [0.2, 0.25) is 0 Å². The number of carboxylic acids is 2. The standard InChI is InChI=1S/C19H23N3O3.2C2HF3O2/c23-19(16-4-10-25-14-16)22-7-3-17(21-8-11-24-12-9-21)18(22)13-15-1-5-20-6-2-15;2*3-2(4,5)1(6)7/h1-2,4-6,10,14,17-18H,3,7-9,11-13H2;2*(H,6,7)/t17-,18+;;/m1../s1. The third-order valence-corrected chi connectivity index (χ3v) is 5.73. The van der Waals surface area contributed by atoms with Gasteiger partial charge in [-0.3, -0.25) is 14.7 Å². The lowest BCUT2D eigenvalue weighted by Crippen LogP contribution is -2.51. The van der Waals surface area contributed by atoms with Crippen molar-refractivity contribution in [2.75, 3.05) is 32.8 Å². The fourth-order valence-electron chi connectivity index (χ4n) is 3.98. The van der Waals surface area contributed by atoms with Crippen molar-refractivity contribution in [3.8, 4) is 0 Å². The molecule has 2 fully saturated rings. The summed E-state index contributed by atoms with van der Waals surface area (Å²) in [4.78, 5) is 39.3. The summed E-state index contributed by atoms with van der Waals surface area (Å²) >= 11 is 0. The predicted molar refractivity (Wildman–Crippen MR) is 120 cm³/mol. The topological polar surface area (TPSA) is 133 Å². The highest BCUT2D eigenvalue weighted by molar-refractivity contribution is 5.94. The zero-order valence-corrected chi connectivity index (χ0v) is 20.2. The van der Waals surface area contributed by atoms with Gasteiger partial charge in [-0.05, 0) is 36.6 Å². The molecule has 2 saturated heterocycles. The number of hydrogen-bond donors (Lipinski definition) is 2. The van der Waals surface area contributed by atoms with E-state index in [0.717, 1.165) is 45.7 Å². The largest absolute Gasteiger partial charge is 0.490 e. The zero-order chi connectivity index (χ0) is 29.2. The van der Waals surface area contributed by atoms with Crippen molar-refractivity contribution in [3.05, 3.63) is 54.2 Å². The van der Waals surface area contributed by atoms with Crippen LogP contribution in [0.4, 0.5) is 26.3 Å². The molecule has 2 N–H and O–H groups in total. The number of nitrogens with zero attached hydrogens (tertiary/aromatic N) is 3. The molecule has 0 aliphatic carbocycles. The number of rotatable bonds is 4. The minimum Gasteiger partial charge on any atom is -0.475 e. The van der Waals surface area contributed by atoms with Crippen molar-refractivity contribution in [2.45, 2.75) is 37.3 Å². The SMILES string of the molecule is O=C(O)C(F)(F)F.O=C(O)C(F)(F)F.O=C(c1ccoc1)N1CC[C@@H](N2CCOCC2)[C@@H]1Cc1ccncc1. The number of carbonyl (C=O) groups is 3. The molecule has 1 amide bonds. The van der Waals surface area contributed by atoms with Crippen LogP contribution in [0, 0.1) is 0 Å². The molecule has 216 valence electrons. The maximum Gasteiger partial charge on any atom is 0.490 e. The maximum absolute atomic E-state index is 12.9. The summed E-state index contributed by atoms with van der Waals surface area (Å²) in [7, 11) is 0. The van der Waals surface area contributed by atoms with Crippen molar-refractivity contribution in [3.63, 3.8) is 0 Å². The Morgan fingerprint density at radius 3 is 1.92 bits per heavy atom. The lowest BCUT2D eigenvalue weighted by atomic mass is 9.99. The number of ether oxygens (including phenoxy) is 1. The molecule has 2 atom stereocenters. The van der Waals surface area contributed by atoms with Gasteiger partial charge >= 0.3 is 24.3 Å². The molecule has 4 rings (SSSR count). The number of alkyl halides is 6. The Kier molecular flexibility index (Phi) is 11.3. The van der Waals surface area contributed by atoms with E-state index in [9.17, 15) is 31.1 Å². The average molecular weight is 569 g/mol. The number of carbonyl (C=O) groups excluding carboxylic acids is 1. The molecule has 2 aliphatic heterocycles. The summed E-state index contributed by atoms with van der Waals surface area (Å²) in [5, 5.41) is 14.2. The summed E-state index contributed by atoms with van der Waals surface area (Å²) < 4.78 is 74.1. The Bertz CT molecular complexity index is 1030.